The number of aromatic nitrogens is 5. The average Bonchev–Trinajstić information content (AvgIpc) is 3.75. The van der Waals surface area contributed by atoms with Crippen LogP contribution in [-0.4, -0.2) is 105 Å². The van der Waals surface area contributed by atoms with Gasteiger partial charge in [-0.1, -0.05) is 0 Å². The van der Waals surface area contributed by atoms with Crippen molar-refractivity contribution in [3.8, 4) is 22.6 Å². The summed E-state index contributed by atoms with van der Waals surface area (Å²) < 4.78 is 5.83. The Balaban J connectivity index is 0.951. The minimum Gasteiger partial charge on any atom is -0.368 e. The van der Waals surface area contributed by atoms with Crippen LogP contribution < -0.4 is 15.8 Å². The predicted octanol–water partition coefficient (Wildman–Crippen LogP) is 3.06. The molecule has 2 amide bonds. The van der Waals surface area contributed by atoms with Gasteiger partial charge in [0.2, 0.25) is 5.91 Å². The first-order valence-corrected chi connectivity index (χ1v) is 16.0. The quantitative estimate of drug-likeness (QED) is 0.231. The molecule has 13 heteroatoms. The van der Waals surface area contributed by atoms with Crippen LogP contribution in [0.1, 0.15) is 12.0 Å². The Morgan fingerprint density at radius 3 is 2.52 bits per heavy atom. The second-order valence-electron chi connectivity index (χ2n) is 12.3. The molecular weight excluding hydrogens is 610 g/mol. The van der Waals surface area contributed by atoms with Gasteiger partial charge in [-0.05, 0) is 67.9 Å². The maximum Gasteiger partial charge on any atom is 0.258 e. The zero-order valence-electron chi connectivity index (χ0n) is 26.9. The number of nitrogens with one attached hydrogen (secondary N) is 3. The van der Waals surface area contributed by atoms with Gasteiger partial charge in [0.15, 0.2) is 11.4 Å². The number of carbonyl (C=O) groups excluding carboxylic acids is 2. The molecule has 1 unspecified atom stereocenters. The first-order chi connectivity index (χ1) is 23.3. The van der Waals surface area contributed by atoms with Crippen molar-refractivity contribution in [3.63, 3.8) is 0 Å². The molecule has 13 nitrogen and oxygen atoms in total. The summed E-state index contributed by atoms with van der Waals surface area (Å²) in [6.45, 7) is 5.58. The Morgan fingerprint density at radius 1 is 1.00 bits per heavy atom. The van der Waals surface area contributed by atoms with Crippen molar-refractivity contribution in [2.75, 3.05) is 63.1 Å². The molecule has 7 rings (SSSR count). The summed E-state index contributed by atoms with van der Waals surface area (Å²) in [5.74, 6) is 0.473. The molecule has 0 spiro atoms. The van der Waals surface area contributed by atoms with Crippen LogP contribution in [0.25, 0.3) is 33.5 Å². The van der Waals surface area contributed by atoms with Crippen LogP contribution in [0.4, 0.5) is 11.4 Å². The number of carbonyl (C=O) groups is 2. The van der Waals surface area contributed by atoms with Gasteiger partial charge in [0.25, 0.3) is 11.5 Å². The SMILES string of the molecule is COC1(C(=O)Nc2ccc3[nH]nc(-c4cc[nH]c(=O)c4C)c3c2)CCN(CC(=O)N2CCN(c3ccc(-c4ncccn4)cc3)CC2)C1. The topological polar surface area (TPSA) is 152 Å². The van der Waals surface area contributed by atoms with Gasteiger partial charge in [-0.15, -0.1) is 0 Å². The van der Waals surface area contributed by atoms with E-state index in [2.05, 4.69) is 47.5 Å². The maximum absolute atomic E-state index is 13.7. The Morgan fingerprint density at radius 2 is 1.77 bits per heavy atom. The lowest BCUT2D eigenvalue weighted by Crippen LogP contribution is -2.52. The van der Waals surface area contributed by atoms with Crippen LogP contribution >= 0.6 is 0 Å². The summed E-state index contributed by atoms with van der Waals surface area (Å²) in [5.41, 5.74) is 4.08. The number of piperazine rings is 1. The lowest BCUT2D eigenvalue weighted by Gasteiger charge is -2.37. The number of likely N-dealkylation sites (tertiary alicyclic amines) is 1. The lowest BCUT2D eigenvalue weighted by atomic mass is 10.0. The summed E-state index contributed by atoms with van der Waals surface area (Å²) in [6.07, 6.45) is 5.52. The number of methoxy groups -OCH3 is 1. The number of hydrogen-bond donors (Lipinski definition) is 3. The summed E-state index contributed by atoms with van der Waals surface area (Å²) in [7, 11) is 1.54. The third-order valence-corrected chi connectivity index (χ3v) is 9.45. The Kier molecular flexibility index (Phi) is 8.46. The van der Waals surface area contributed by atoms with Crippen molar-refractivity contribution in [1.82, 2.24) is 34.9 Å². The molecule has 0 radical (unpaired) electrons. The molecule has 2 aliphatic rings. The van der Waals surface area contributed by atoms with Crippen LogP contribution in [0.3, 0.4) is 0 Å². The number of benzene rings is 2. The third kappa shape index (κ3) is 6.05. The monoisotopic (exact) mass is 647 g/mol. The minimum atomic E-state index is -1.09. The van der Waals surface area contributed by atoms with Crippen LogP contribution in [0, 0.1) is 6.92 Å². The summed E-state index contributed by atoms with van der Waals surface area (Å²) >= 11 is 0. The Hall–Kier alpha value is -5.40. The fraction of sp³-hybridized carbons (Fsp3) is 0.314. The second kappa shape index (κ2) is 13.0. The van der Waals surface area contributed by atoms with Crippen molar-refractivity contribution in [2.45, 2.75) is 18.9 Å². The average molecular weight is 648 g/mol. The van der Waals surface area contributed by atoms with Crippen LogP contribution in [0.5, 0.6) is 0 Å². The highest BCUT2D eigenvalue weighted by atomic mass is 16.5. The molecule has 2 saturated heterocycles. The molecular formula is C35H37N9O4. The fourth-order valence-electron chi connectivity index (χ4n) is 6.57. The molecule has 2 aromatic carbocycles. The van der Waals surface area contributed by atoms with Crippen molar-refractivity contribution in [2.24, 2.45) is 0 Å². The molecule has 3 N–H and O–H groups in total. The Labute approximate surface area is 277 Å². The van der Waals surface area contributed by atoms with Crippen molar-refractivity contribution >= 4 is 34.1 Å². The van der Waals surface area contributed by atoms with E-state index in [1.807, 2.05) is 40.1 Å². The number of hydrogen-bond acceptors (Lipinski definition) is 9. The third-order valence-electron chi connectivity index (χ3n) is 9.45. The van der Waals surface area contributed by atoms with Gasteiger partial charge >= 0.3 is 0 Å². The molecule has 2 fully saturated rings. The van der Waals surface area contributed by atoms with E-state index in [0.29, 0.717) is 60.9 Å². The number of amides is 2. The number of ether oxygens (including phenoxy) is 1. The predicted molar refractivity (Wildman–Crippen MR) is 183 cm³/mol. The summed E-state index contributed by atoms with van der Waals surface area (Å²) in [5, 5.41) is 11.3. The van der Waals surface area contributed by atoms with Crippen molar-refractivity contribution in [1.29, 1.82) is 0 Å². The standard InChI is InChI=1S/C35H37N9O4/c1-23-27(10-14-38-33(23)46)31-28-20-25(6-9-29(28)40-41-31)39-34(47)35(48-2)11-15-42(22-35)21-30(45)44-18-16-43(17-19-44)26-7-4-24(5-8-26)32-36-12-3-13-37-32/h3-10,12-14,20H,11,15-19,21-22H2,1-2H3,(H,38,46)(H,39,47)(H,40,41). The number of nitrogens with zero attached hydrogens (tertiary/aromatic N) is 6. The number of anilines is 2. The minimum absolute atomic E-state index is 0.0477. The number of rotatable bonds is 8. The lowest BCUT2D eigenvalue weighted by molar-refractivity contribution is -0.138. The first-order valence-electron chi connectivity index (χ1n) is 16.0. The van der Waals surface area contributed by atoms with Crippen molar-refractivity contribution in [3.05, 3.63) is 89.1 Å². The van der Waals surface area contributed by atoms with E-state index in [9.17, 15) is 14.4 Å². The normalized spacial score (nSPS) is 18.4. The molecule has 5 heterocycles. The zero-order valence-corrected chi connectivity index (χ0v) is 26.9. The van der Waals surface area contributed by atoms with E-state index in [4.69, 9.17) is 4.74 Å². The molecule has 0 bridgehead atoms. The molecule has 0 saturated carbocycles. The summed E-state index contributed by atoms with van der Waals surface area (Å²) in [6, 6.07) is 17.3. The van der Waals surface area contributed by atoms with Gasteiger partial charge in [-0.2, -0.15) is 5.10 Å². The van der Waals surface area contributed by atoms with Gasteiger partial charge in [0.1, 0.15) is 5.69 Å². The van der Waals surface area contributed by atoms with Crippen LogP contribution in [0.15, 0.2) is 78.0 Å². The first kappa shape index (κ1) is 31.2. The second-order valence-corrected chi connectivity index (χ2v) is 12.3. The maximum atomic E-state index is 13.7. The molecule has 1 atom stereocenters. The van der Waals surface area contributed by atoms with Gasteiger partial charge < -0.3 is 24.8 Å². The zero-order chi connectivity index (χ0) is 33.3. The van der Waals surface area contributed by atoms with Crippen LogP contribution in [0.2, 0.25) is 0 Å². The van der Waals surface area contributed by atoms with Crippen molar-refractivity contribution < 1.29 is 14.3 Å². The fourth-order valence-corrected chi connectivity index (χ4v) is 6.57. The highest BCUT2D eigenvalue weighted by molar-refractivity contribution is 6.01. The molecule has 2 aliphatic heterocycles. The van der Waals surface area contributed by atoms with Gasteiger partial charge in [0, 0.05) is 98.4 Å². The molecule has 3 aromatic heterocycles. The highest BCUT2D eigenvalue weighted by Crippen LogP contribution is 2.31. The molecule has 0 aliphatic carbocycles. The highest BCUT2D eigenvalue weighted by Gasteiger charge is 2.45. The van der Waals surface area contributed by atoms with E-state index >= 15 is 0 Å². The number of pyridine rings is 1. The molecule has 5 aromatic rings. The number of fused-ring (bicyclic) bond motifs is 1. The Bertz CT molecular complexity index is 2000. The number of H-pyrrole nitrogens is 2. The van der Waals surface area contributed by atoms with E-state index in [1.54, 1.807) is 37.6 Å². The summed E-state index contributed by atoms with van der Waals surface area (Å²) in [4.78, 5) is 56.7. The van der Waals surface area contributed by atoms with E-state index < -0.39 is 5.60 Å². The molecule has 48 heavy (non-hydrogen) atoms. The van der Waals surface area contributed by atoms with Gasteiger partial charge in [-0.3, -0.25) is 24.4 Å². The smallest absolute Gasteiger partial charge is 0.258 e. The molecule has 246 valence electrons. The largest absolute Gasteiger partial charge is 0.368 e. The van der Waals surface area contributed by atoms with E-state index in [0.717, 1.165) is 35.2 Å². The van der Waals surface area contributed by atoms with Gasteiger partial charge in [-0.25, -0.2) is 9.97 Å². The number of aromatic amines is 2. The van der Waals surface area contributed by atoms with Crippen LogP contribution in [-0.2, 0) is 14.3 Å². The van der Waals surface area contributed by atoms with E-state index in [-0.39, 0.29) is 23.9 Å². The van der Waals surface area contributed by atoms with Gasteiger partial charge in [0.05, 0.1) is 12.1 Å². The van der Waals surface area contributed by atoms with E-state index in [1.165, 1.54) is 7.11 Å².